The van der Waals surface area contributed by atoms with Gasteiger partial charge in [0.15, 0.2) is 0 Å². The molecule has 0 heterocycles. The molecule has 114 valence electrons. The predicted molar refractivity (Wildman–Crippen MR) is 73.7 cm³/mol. The molecule has 21 heavy (non-hydrogen) atoms. The van der Waals surface area contributed by atoms with Crippen molar-refractivity contribution in [3.63, 3.8) is 0 Å². The predicted octanol–water partition coefficient (Wildman–Crippen LogP) is 1.76. The molecule has 1 aliphatic rings. The number of carboxylic acids is 1. The molecule has 7 heteroatoms. The van der Waals surface area contributed by atoms with E-state index in [1.807, 2.05) is 0 Å². The van der Waals surface area contributed by atoms with E-state index in [9.17, 15) is 19.1 Å². The van der Waals surface area contributed by atoms with Crippen LogP contribution in [0.1, 0.15) is 23.2 Å². The molecule has 2 amide bonds. The van der Waals surface area contributed by atoms with Crippen LogP contribution in [0.2, 0.25) is 0 Å². The van der Waals surface area contributed by atoms with E-state index in [0.717, 1.165) is 12.1 Å². The number of aliphatic hydroxyl groups excluding tert-OH is 1. The lowest BCUT2D eigenvalue weighted by atomic mass is 9.82. The number of carboxylic acid groups (broad SMARTS) is 1. The van der Waals surface area contributed by atoms with Gasteiger partial charge in [-0.3, -0.25) is 0 Å². The minimum Gasteiger partial charge on any atom is -0.478 e. The van der Waals surface area contributed by atoms with E-state index in [0.29, 0.717) is 19.4 Å². The molecule has 0 unspecified atom stereocenters. The van der Waals surface area contributed by atoms with E-state index in [4.69, 9.17) is 5.11 Å². The normalized spacial score (nSPS) is 20.5. The topological polar surface area (TPSA) is 89.9 Å². The number of hydrogen-bond acceptors (Lipinski definition) is 3. The molecule has 1 aromatic rings. The van der Waals surface area contributed by atoms with Crippen molar-refractivity contribution >= 4 is 17.7 Å². The minimum absolute atomic E-state index is 0.222. The van der Waals surface area contributed by atoms with E-state index in [1.165, 1.54) is 11.0 Å². The molecule has 1 aromatic carbocycles. The maximum atomic E-state index is 13.3. The smallest absolute Gasteiger partial charge is 0.338 e. The van der Waals surface area contributed by atoms with Gasteiger partial charge >= 0.3 is 12.0 Å². The number of carbonyl (C=O) groups is 2. The summed E-state index contributed by atoms with van der Waals surface area (Å²) in [6.07, 6.45) is 1.08. The Morgan fingerprint density at radius 3 is 2.67 bits per heavy atom. The Morgan fingerprint density at radius 1 is 1.43 bits per heavy atom. The number of aromatic carboxylic acids is 1. The van der Waals surface area contributed by atoms with Gasteiger partial charge in [0.1, 0.15) is 5.82 Å². The third kappa shape index (κ3) is 3.69. The standard InChI is InChI=1S/C14H17FN2O4/c1-17(7-8-4-10(18)5-8)14(21)16-9-2-3-12(15)11(6-9)13(19)20/h2-3,6,8,10,18H,4-5,7H2,1H3,(H,16,21)(H,19,20). The maximum Gasteiger partial charge on any atom is 0.338 e. The van der Waals surface area contributed by atoms with Crippen molar-refractivity contribution in [3.05, 3.63) is 29.6 Å². The summed E-state index contributed by atoms with van der Waals surface area (Å²) in [5.41, 5.74) is -0.267. The van der Waals surface area contributed by atoms with Gasteiger partial charge in [-0.1, -0.05) is 0 Å². The first-order valence-electron chi connectivity index (χ1n) is 6.60. The highest BCUT2D eigenvalue weighted by molar-refractivity contribution is 5.93. The summed E-state index contributed by atoms with van der Waals surface area (Å²) < 4.78 is 13.3. The Labute approximate surface area is 121 Å². The lowest BCUT2D eigenvalue weighted by Gasteiger charge is -2.34. The SMILES string of the molecule is CN(CC1CC(O)C1)C(=O)Nc1ccc(F)c(C(=O)O)c1. The van der Waals surface area contributed by atoms with Crippen molar-refractivity contribution in [1.82, 2.24) is 4.90 Å². The highest BCUT2D eigenvalue weighted by Crippen LogP contribution is 2.27. The van der Waals surface area contributed by atoms with Gasteiger partial charge in [0.2, 0.25) is 0 Å². The molecule has 2 rings (SSSR count). The number of hydrogen-bond donors (Lipinski definition) is 3. The van der Waals surface area contributed by atoms with Crippen molar-refractivity contribution in [2.75, 3.05) is 18.9 Å². The van der Waals surface area contributed by atoms with Crippen LogP contribution in [0, 0.1) is 11.7 Å². The average Bonchev–Trinajstić information content (AvgIpc) is 2.38. The first-order chi connectivity index (χ1) is 9.86. The maximum absolute atomic E-state index is 13.3. The summed E-state index contributed by atoms with van der Waals surface area (Å²) in [6, 6.07) is 2.98. The quantitative estimate of drug-likeness (QED) is 0.789. The van der Waals surface area contributed by atoms with Gasteiger partial charge in [-0.05, 0) is 37.0 Å². The van der Waals surface area contributed by atoms with Gasteiger partial charge in [-0.15, -0.1) is 0 Å². The number of nitrogens with one attached hydrogen (secondary N) is 1. The van der Waals surface area contributed by atoms with E-state index in [1.54, 1.807) is 7.05 Å². The van der Waals surface area contributed by atoms with Gasteiger partial charge in [0.25, 0.3) is 0 Å². The number of urea groups is 1. The molecule has 0 saturated heterocycles. The lowest BCUT2D eigenvalue weighted by molar-refractivity contribution is 0.0332. The second-order valence-corrected chi connectivity index (χ2v) is 5.30. The Morgan fingerprint density at radius 2 is 2.10 bits per heavy atom. The largest absolute Gasteiger partial charge is 0.478 e. The van der Waals surface area contributed by atoms with Crippen LogP contribution in [0.5, 0.6) is 0 Å². The molecule has 0 aromatic heterocycles. The molecule has 0 atom stereocenters. The summed E-state index contributed by atoms with van der Waals surface area (Å²) in [7, 11) is 1.61. The highest BCUT2D eigenvalue weighted by Gasteiger charge is 2.29. The third-order valence-electron chi connectivity index (χ3n) is 3.54. The number of carbonyl (C=O) groups excluding carboxylic acids is 1. The Bertz CT molecular complexity index is 558. The van der Waals surface area contributed by atoms with Crippen LogP contribution in [0.4, 0.5) is 14.9 Å². The van der Waals surface area contributed by atoms with Crippen LogP contribution < -0.4 is 5.32 Å². The zero-order valence-corrected chi connectivity index (χ0v) is 11.5. The van der Waals surface area contributed by atoms with E-state index >= 15 is 0 Å². The van der Waals surface area contributed by atoms with Crippen LogP contribution >= 0.6 is 0 Å². The monoisotopic (exact) mass is 296 g/mol. The first kappa shape index (κ1) is 15.2. The van der Waals surface area contributed by atoms with Crippen molar-refractivity contribution < 1.29 is 24.2 Å². The van der Waals surface area contributed by atoms with Gasteiger partial charge in [0, 0.05) is 19.3 Å². The van der Waals surface area contributed by atoms with Crippen LogP contribution in [0.15, 0.2) is 18.2 Å². The molecule has 1 aliphatic carbocycles. The van der Waals surface area contributed by atoms with Crippen LogP contribution in [0.3, 0.4) is 0 Å². The molecule has 0 bridgehead atoms. The second kappa shape index (κ2) is 6.09. The fraction of sp³-hybridized carbons (Fsp3) is 0.429. The summed E-state index contributed by atoms with van der Waals surface area (Å²) in [5.74, 6) is -1.96. The summed E-state index contributed by atoms with van der Waals surface area (Å²) in [5, 5.41) is 20.6. The summed E-state index contributed by atoms with van der Waals surface area (Å²) in [4.78, 5) is 24.2. The van der Waals surface area contributed by atoms with Crippen LogP contribution in [0.25, 0.3) is 0 Å². The molecule has 0 radical (unpaired) electrons. The number of amides is 2. The fourth-order valence-electron chi connectivity index (χ4n) is 2.31. The van der Waals surface area contributed by atoms with Crippen LogP contribution in [-0.2, 0) is 0 Å². The average molecular weight is 296 g/mol. The lowest BCUT2D eigenvalue weighted by Crippen LogP contribution is -2.41. The Kier molecular flexibility index (Phi) is 4.42. The van der Waals surface area contributed by atoms with Gasteiger partial charge < -0.3 is 20.4 Å². The van der Waals surface area contributed by atoms with Crippen molar-refractivity contribution in [3.8, 4) is 0 Å². The van der Waals surface area contributed by atoms with Crippen molar-refractivity contribution in [2.24, 2.45) is 5.92 Å². The third-order valence-corrected chi connectivity index (χ3v) is 3.54. The van der Waals surface area contributed by atoms with Gasteiger partial charge in [-0.2, -0.15) is 0 Å². The molecule has 3 N–H and O–H groups in total. The molecule has 1 fully saturated rings. The molecular weight excluding hydrogens is 279 g/mol. The molecule has 0 aliphatic heterocycles. The number of benzene rings is 1. The van der Waals surface area contributed by atoms with E-state index < -0.39 is 23.4 Å². The fourth-order valence-corrected chi connectivity index (χ4v) is 2.31. The van der Waals surface area contributed by atoms with Crippen molar-refractivity contribution in [1.29, 1.82) is 0 Å². The molecule has 1 saturated carbocycles. The Balaban J connectivity index is 1.95. The molecule has 0 spiro atoms. The molecular formula is C14H17FN2O4. The van der Waals surface area contributed by atoms with E-state index in [-0.39, 0.29) is 17.7 Å². The summed E-state index contributed by atoms with van der Waals surface area (Å²) in [6.45, 7) is 0.510. The zero-order chi connectivity index (χ0) is 15.6. The van der Waals surface area contributed by atoms with Gasteiger partial charge in [0.05, 0.1) is 11.7 Å². The Hall–Kier alpha value is -2.15. The highest BCUT2D eigenvalue weighted by atomic mass is 19.1. The number of rotatable bonds is 4. The summed E-state index contributed by atoms with van der Waals surface area (Å²) >= 11 is 0. The number of nitrogens with zero attached hydrogens (tertiary/aromatic N) is 1. The number of aliphatic hydroxyl groups is 1. The van der Waals surface area contributed by atoms with Crippen LogP contribution in [-0.4, -0.2) is 46.8 Å². The zero-order valence-electron chi connectivity index (χ0n) is 11.5. The number of anilines is 1. The number of halogens is 1. The minimum atomic E-state index is -1.39. The van der Waals surface area contributed by atoms with Crippen molar-refractivity contribution in [2.45, 2.75) is 18.9 Å². The van der Waals surface area contributed by atoms with E-state index in [2.05, 4.69) is 5.32 Å². The first-order valence-corrected chi connectivity index (χ1v) is 6.60. The molecule has 6 nitrogen and oxygen atoms in total. The second-order valence-electron chi connectivity index (χ2n) is 5.30. The van der Waals surface area contributed by atoms with Gasteiger partial charge in [-0.25, -0.2) is 14.0 Å².